The molecule has 0 amide bonds. The van der Waals surface area contributed by atoms with Crippen LogP contribution >= 0.6 is 0 Å². The van der Waals surface area contributed by atoms with E-state index in [1.807, 2.05) is 0 Å². The number of fused-ring (bicyclic) bond motifs is 24. The van der Waals surface area contributed by atoms with Gasteiger partial charge in [0, 0.05) is 55.0 Å². The third kappa shape index (κ3) is 5.41. The molecule has 4 aliphatic carbocycles. The summed E-state index contributed by atoms with van der Waals surface area (Å²) in [5.74, 6) is 0. The van der Waals surface area contributed by atoms with E-state index in [4.69, 9.17) is 8.83 Å². The second kappa shape index (κ2) is 14.8. The highest BCUT2D eigenvalue weighted by Gasteiger charge is 2.53. The lowest BCUT2D eigenvalue weighted by atomic mass is 9.70. The smallest absolute Gasteiger partial charge is 0.143 e. The predicted molar refractivity (Wildman–Crippen MR) is 317 cm³/mol. The molecule has 3 heteroatoms. The van der Waals surface area contributed by atoms with Gasteiger partial charge in [0.1, 0.15) is 22.3 Å². The van der Waals surface area contributed by atoms with Gasteiger partial charge in [-0.25, -0.2) is 0 Å². The van der Waals surface area contributed by atoms with Crippen LogP contribution < -0.4 is 4.90 Å². The molecule has 4 aliphatic rings. The summed E-state index contributed by atoms with van der Waals surface area (Å²) in [5, 5.41) is 4.69. The molecule has 0 atom stereocenters. The highest BCUT2D eigenvalue weighted by molar-refractivity contribution is 6.20. The Morgan fingerprint density at radius 2 is 0.844 bits per heavy atom. The summed E-state index contributed by atoms with van der Waals surface area (Å²) >= 11 is 0. The molecule has 17 rings (SSSR count). The van der Waals surface area contributed by atoms with E-state index in [0.29, 0.717) is 0 Å². The fourth-order valence-corrected chi connectivity index (χ4v) is 15.0. The first-order valence-electron chi connectivity index (χ1n) is 27.1. The second-order valence-corrected chi connectivity index (χ2v) is 23.1. The molecule has 11 aromatic carbocycles. The third-order valence-corrected chi connectivity index (χ3v) is 18.5. The minimum absolute atomic E-state index is 0.189. The minimum Gasteiger partial charge on any atom is -0.456 e. The fraction of sp³-hybridized carbons (Fsp3) is 0.108. The van der Waals surface area contributed by atoms with Crippen LogP contribution in [0.1, 0.15) is 77.8 Å². The van der Waals surface area contributed by atoms with Crippen molar-refractivity contribution in [2.45, 2.75) is 50.9 Å². The van der Waals surface area contributed by atoms with Crippen molar-refractivity contribution in [1.29, 1.82) is 0 Å². The third-order valence-electron chi connectivity index (χ3n) is 18.5. The lowest BCUT2D eigenvalue weighted by Crippen LogP contribution is -2.26. The van der Waals surface area contributed by atoms with Crippen molar-refractivity contribution in [2.75, 3.05) is 4.90 Å². The van der Waals surface area contributed by atoms with Crippen molar-refractivity contribution in [1.82, 2.24) is 0 Å². The van der Waals surface area contributed by atoms with Gasteiger partial charge in [0.05, 0.1) is 5.41 Å². The SMILES string of the molecule is Cc1ccc(N(c2ccc3c(c2)C(C)(C)c2cc4c(cc2-3)C(C)(C)c2ccc3oc5ccccc5c3c2-4)c2ccc3c(c2)C2(c4ccccc4-c4ccccc42)c2cc(-c4ccccc4)c4oc5ccccc5c4c2-3)cc1. The maximum absolute atomic E-state index is 7.00. The zero-order valence-electron chi connectivity index (χ0n) is 43.5. The Bertz CT molecular complexity index is 4710. The van der Waals surface area contributed by atoms with Gasteiger partial charge >= 0.3 is 0 Å². The first kappa shape index (κ1) is 43.1. The maximum Gasteiger partial charge on any atom is 0.143 e. The number of rotatable bonds is 4. The van der Waals surface area contributed by atoms with Crippen molar-refractivity contribution in [3.8, 4) is 55.6 Å². The zero-order valence-corrected chi connectivity index (χ0v) is 43.5. The van der Waals surface area contributed by atoms with E-state index >= 15 is 0 Å². The average molecular weight is 986 g/mol. The molecule has 77 heavy (non-hydrogen) atoms. The molecule has 0 saturated carbocycles. The highest BCUT2D eigenvalue weighted by atomic mass is 16.3. The fourth-order valence-electron chi connectivity index (χ4n) is 15.0. The summed E-state index contributed by atoms with van der Waals surface area (Å²) in [5.41, 5.74) is 30.4. The minimum atomic E-state index is -0.619. The van der Waals surface area contributed by atoms with E-state index in [0.717, 1.165) is 55.9 Å². The molecule has 2 heterocycles. The first-order valence-corrected chi connectivity index (χ1v) is 27.1. The van der Waals surface area contributed by atoms with Crippen LogP contribution in [-0.4, -0.2) is 0 Å². The van der Waals surface area contributed by atoms with Gasteiger partial charge in [0.15, 0.2) is 0 Å². The number of benzene rings is 11. The van der Waals surface area contributed by atoms with E-state index in [-0.39, 0.29) is 10.8 Å². The Balaban J connectivity index is 0.894. The number of hydrogen-bond donors (Lipinski definition) is 0. The summed E-state index contributed by atoms with van der Waals surface area (Å²) in [6.07, 6.45) is 0. The van der Waals surface area contributed by atoms with E-state index in [9.17, 15) is 0 Å². The van der Waals surface area contributed by atoms with Gasteiger partial charge in [-0.3, -0.25) is 0 Å². The molecule has 0 N–H and O–H groups in total. The number of anilines is 3. The quantitative estimate of drug-likeness (QED) is 0.176. The van der Waals surface area contributed by atoms with Gasteiger partial charge in [0.2, 0.25) is 0 Å². The number of para-hydroxylation sites is 2. The monoisotopic (exact) mass is 985 g/mol. The lowest BCUT2D eigenvalue weighted by Gasteiger charge is -2.33. The molecule has 2 aromatic heterocycles. The van der Waals surface area contributed by atoms with Crippen LogP contribution in [0.15, 0.2) is 227 Å². The van der Waals surface area contributed by atoms with Crippen LogP contribution in [0.25, 0.3) is 99.5 Å². The van der Waals surface area contributed by atoms with Crippen molar-refractivity contribution >= 4 is 60.9 Å². The number of hydrogen-bond acceptors (Lipinski definition) is 3. The molecule has 0 aliphatic heterocycles. The zero-order chi connectivity index (χ0) is 51.3. The summed E-state index contributed by atoms with van der Waals surface area (Å²) < 4.78 is 13.5. The van der Waals surface area contributed by atoms with Crippen molar-refractivity contribution in [3.63, 3.8) is 0 Å². The molecule has 1 spiro atoms. The Hall–Kier alpha value is -9.18. The number of aryl methyl sites for hydroxylation is 1. The van der Waals surface area contributed by atoms with E-state index in [2.05, 4.69) is 258 Å². The predicted octanol–water partition coefficient (Wildman–Crippen LogP) is 19.9. The lowest BCUT2D eigenvalue weighted by molar-refractivity contribution is 0.651. The Morgan fingerprint density at radius 1 is 0.325 bits per heavy atom. The van der Waals surface area contributed by atoms with E-state index in [1.165, 1.54) is 111 Å². The standard InChI is InChI=1S/C74H51NO2/c1-42-27-29-44(30-28-42)75(45-31-33-49-54-40-61-55(41-60(54)73(4,5)59(49)37-45)68-58(72(61,2)3)35-36-66-69(68)51-21-11-15-25-64(51)76-66)46-32-34-50-62(38-46)74(56-23-13-9-19-47(56)48-20-10-14-24-57(48)74)63-39-53(43-17-7-6-8-18-43)71-70(67(50)63)52-22-12-16-26-65(52)77-71/h6-41H,1-5H3. The summed E-state index contributed by atoms with van der Waals surface area (Å²) in [7, 11) is 0. The van der Waals surface area contributed by atoms with Crippen molar-refractivity contribution in [3.05, 3.63) is 268 Å². The Morgan fingerprint density at radius 3 is 1.57 bits per heavy atom. The summed E-state index contributed by atoms with van der Waals surface area (Å²) in [4.78, 5) is 2.50. The molecule has 13 aromatic rings. The topological polar surface area (TPSA) is 29.5 Å². The molecule has 0 bridgehead atoms. The number of nitrogens with zero attached hydrogens (tertiary/aromatic N) is 1. The highest BCUT2D eigenvalue weighted by Crippen LogP contribution is 2.66. The largest absolute Gasteiger partial charge is 0.456 e. The molecule has 0 unspecified atom stereocenters. The molecular weight excluding hydrogens is 935 g/mol. The van der Waals surface area contributed by atoms with Crippen LogP contribution in [0.3, 0.4) is 0 Å². The van der Waals surface area contributed by atoms with Gasteiger partial charge in [-0.05, 0) is 174 Å². The first-order chi connectivity index (χ1) is 37.6. The molecule has 364 valence electrons. The second-order valence-electron chi connectivity index (χ2n) is 23.1. The van der Waals surface area contributed by atoms with Crippen LogP contribution in [0, 0.1) is 6.92 Å². The normalized spacial score (nSPS) is 15.1. The van der Waals surface area contributed by atoms with Gasteiger partial charge in [0.25, 0.3) is 0 Å². The van der Waals surface area contributed by atoms with Crippen LogP contribution in [-0.2, 0) is 16.2 Å². The van der Waals surface area contributed by atoms with Crippen LogP contribution in [0.5, 0.6) is 0 Å². The maximum atomic E-state index is 7.00. The van der Waals surface area contributed by atoms with Crippen LogP contribution in [0.4, 0.5) is 17.1 Å². The van der Waals surface area contributed by atoms with Gasteiger partial charge in [-0.2, -0.15) is 0 Å². The van der Waals surface area contributed by atoms with Gasteiger partial charge in [-0.15, -0.1) is 0 Å². The summed E-state index contributed by atoms with van der Waals surface area (Å²) in [6, 6.07) is 81.9. The van der Waals surface area contributed by atoms with E-state index < -0.39 is 5.41 Å². The number of furan rings is 2. The average Bonchev–Trinajstić information content (AvgIpc) is 3.16. The Kier molecular flexibility index (Phi) is 8.29. The van der Waals surface area contributed by atoms with Crippen LogP contribution in [0.2, 0.25) is 0 Å². The van der Waals surface area contributed by atoms with Gasteiger partial charge in [-0.1, -0.05) is 179 Å². The molecule has 0 saturated heterocycles. The molecular formula is C74H51NO2. The molecule has 0 fully saturated rings. The van der Waals surface area contributed by atoms with E-state index in [1.54, 1.807) is 0 Å². The van der Waals surface area contributed by atoms with Crippen molar-refractivity contribution < 1.29 is 8.83 Å². The van der Waals surface area contributed by atoms with Crippen molar-refractivity contribution in [2.24, 2.45) is 0 Å². The summed E-state index contributed by atoms with van der Waals surface area (Å²) in [6.45, 7) is 11.8. The molecule has 0 radical (unpaired) electrons. The van der Waals surface area contributed by atoms with Gasteiger partial charge < -0.3 is 13.7 Å². The molecule has 3 nitrogen and oxygen atoms in total. The Labute approximate surface area is 447 Å².